The standard InChI is InChI=1S/C15H17N5/c1-10-13-12(18-19(10)2)6-5-11-14(13)16-9-17-15(11)20-7-3-4-8-20/h5-6,9H,3-4,7-8H2,1-2H3. The van der Waals surface area contributed by atoms with Crippen molar-refractivity contribution in [2.24, 2.45) is 7.05 Å². The molecule has 3 aromatic rings. The average Bonchev–Trinajstić information content (AvgIpc) is 3.08. The zero-order valence-corrected chi connectivity index (χ0v) is 11.8. The summed E-state index contributed by atoms with van der Waals surface area (Å²) in [7, 11) is 1.98. The molecule has 0 saturated carbocycles. The van der Waals surface area contributed by atoms with E-state index in [4.69, 9.17) is 0 Å². The highest BCUT2D eigenvalue weighted by Crippen LogP contribution is 2.31. The normalized spacial score (nSPS) is 15.6. The molecule has 1 aromatic carbocycles. The number of nitrogens with zero attached hydrogens (tertiary/aromatic N) is 5. The maximum Gasteiger partial charge on any atom is 0.139 e. The van der Waals surface area contributed by atoms with E-state index in [1.165, 1.54) is 12.8 Å². The zero-order valence-electron chi connectivity index (χ0n) is 11.8. The second kappa shape index (κ2) is 4.16. The molecule has 1 saturated heterocycles. The minimum atomic E-state index is 1.00. The topological polar surface area (TPSA) is 46.8 Å². The maximum atomic E-state index is 4.53. The van der Waals surface area contributed by atoms with Crippen molar-refractivity contribution in [3.8, 4) is 0 Å². The van der Waals surface area contributed by atoms with Crippen LogP contribution in [0.4, 0.5) is 5.82 Å². The largest absolute Gasteiger partial charge is 0.356 e. The number of fused-ring (bicyclic) bond motifs is 3. The van der Waals surface area contributed by atoms with Crippen molar-refractivity contribution < 1.29 is 0 Å². The van der Waals surface area contributed by atoms with Gasteiger partial charge in [0.2, 0.25) is 0 Å². The fraction of sp³-hybridized carbons (Fsp3) is 0.400. The van der Waals surface area contributed by atoms with Crippen molar-refractivity contribution in [3.05, 3.63) is 24.2 Å². The minimum Gasteiger partial charge on any atom is -0.356 e. The van der Waals surface area contributed by atoms with Crippen LogP contribution in [0.15, 0.2) is 18.5 Å². The molecule has 1 aliphatic rings. The first-order valence-corrected chi connectivity index (χ1v) is 7.07. The van der Waals surface area contributed by atoms with Crippen LogP contribution in [0.2, 0.25) is 0 Å². The van der Waals surface area contributed by atoms with Crippen molar-refractivity contribution in [2.75, 3.05) is 18.0 Å². The molecule has 4 rings (SSSR count). The van der Waals surface area contributed by atoms with Crippen molar-refractivity contribution in [1.29, 1.82) is 0 Å². The molecule has 2 aromatic heterocycles. The minimum absolute atomic E-state index is 1.00. The summed E-state index contributed by atoms with van der Waals surface area (Å²) in [6.45, 7) is 4.28. The second-order valence-electron chi connectivity index (χ2n) is 5.46. The Bertz CT molecular complexity index is 799. The van der Waals surface area contributed by atoms with Gasteiger partial charge in [-0.1, -0.05) is 0 Å². The van der Waals surface area contributed by atoms with Crippen LogP contribution in [-0.2, 0) is 7.05 Å². The summed E-state index contributed by atoms with van der Waals surface area (Å²) in [6.07, 6.45) is 4.18. The number of rotatable bonds is 1. The fourth-order valence-corrected chi connectivity index (χ4v) is 3.13. The van der Waals surface area contributed by atoms with E-state index in [2.05, 4.69) is 39.0 Å². The van der Waals surface area contributed by atoms with E-state index in [0.29, 0.717) is 0 Å². The zero-order chi connectivity index (χ0) is 13.7. The molecule has 1 aliphatic heterocycles. The lowest BCUT2D eigenvalue weighted by Crippen LogP contribution is -2.19. The summed E-state index contributed by atoms with van der Waals surface area (Å²) in [6, 6.07) is 4.19. The summed E-state index contributed by atoms with van der Waals surface area (Å²) in [5, 5.41) is 6.82. The Morgan fingerprint density at radius 2 is 1.90 bits per heavy atom. The van der Waals surface area contributed by atoms with Crippen LogP contribution in [0.25, 0.3) is 21.8 Å². The molecule has 1 fully saturated rings. The summed E-state index contributed by atoms with van der Waals surface area (Å²) >= 11 is 0. The van der Waals surface area contributed by atoms with Crippen LogP contribution in [0.5, 0.6) is 0 Å². The molecule has 0 atom stereocenters. The second-order valence-corrected chi connectivity index (χ2v) is 5.46. The average molecular weight is 267 g/mol. The van der Waals surface area contributed by atoms with Crippen molar-refractivity contribution >= 4 is 27.6 Å². The number of hydrogen-bond donors (Lipinski definition) is 0. The molecule has 0 unspecified atom stereocenters. The summed E-state index contributed by atoms with van der Waals surface area (Å²) in [4.78, 5) is 11.4. The lowest BCUT2D eigenvalue weighted by molar-refractivity contribution is 0.751. The van der Waals surface area contributed by atoms with Crippen molar-refractivity contribution in [3.63, 3.8) is 0 Å². The molecule has 0 radical (unpaired) electrons. The molecular weight excluding hydrogens is 250 g/mol. The van der Waals surface area contributed by atoms with Gasteiger partial charge in [-0.2, -0.15) is 5.10 Å². The van der Waals surface area contributed by atoms with E-state index < -0.39 is 0 Å². The van der Waals surface area contributed by atoms with Gasteiger partial charge in [0, 0.05) is 36.6 Å². The van der Waals surface area contributed by atoms with E-state index in [1.54, 1.807) is 6.33 Å². The lowest BCUT2D eigenvalue weighted by atomic mass is 10.1. The van der Waals surface area contributed by atoms with Gasteiger partial charge in [-0.3, -0.25) is 4.68 Å². The molecular formula is C15H17N5. The van der Waals surface area contributed by atoms with Gasteiger partial charge < -0.3 is 4.90 Å². The Morgan fingerprint density at radius 3 is 2.70 bits per heavy atom. The lowest BCUT2D eigenvalue weighted by Gasteiger charge is -2.17. The van der Waals surface area contributed by atoms with Crippen LogP contribution in [0, 0.1) is 6.92 Å². The quantitative estimate of drug-likeness (QED) is 0.679. The third-order valence-electron chi connectivity index (χ3n) is 4.27. The molecule has 0 bridgehead atoms. The first-order chi connectivity index (χ1) is 9.75. The monoisotopic (exact) mass is 267 g/mol. The maximum absolute atomic E-state index is 4.53. The predicted octanol–water partition coefficient (Wildman–Crippen LogP) is 2.43. The smallest absolute Gasteiger partial charge is 0.139 e. The van der Waals surface area contributed by atoms with E-state index in [1.807, 2.05) is 11.7 Å². The first kappa shape index (κ1) is 11.6. The van der Waals surface area contributed by atoms with Gasteiger partial charge in [0.15, 0.2) is 0 Å². The third-order valence-corrected chi connectivity index (χ3v) is 4.27. The van der Waals surface area contributed by atoms with Crippen LogP contribution in [-0.4, -0.2) is 32.8 Å². The van der Waals surface area contributed by atoms with E-state index in [0.717, 1.165) is 46.4 Å². The molecule has 5 heteroatoms. The summed E-state index contributed by atoms with van der Waals surface area (Å²) < 4.78 is 1.92. The van der Waals surface area contributed by atoms with Crippen LogP contribution in [0.1, 0.15) is 18.5 Å². The SMILES string of the molecule is Cc1c2c(ccc3c(N4CCCC4)ncnc32)nn1C. The van der Waals surface area contributed by atoms with Gasteiger partial charge in [-0.05, 0) is 31.9 Å². The van der Waals surface area contributed by atoms with Gasteiger partial charge in [0.05, 0.1) is 11.0 Å². The van der Waals surface area contributed by atoms with E-state index in [-0.39, 0.29) is 0 Å². The number of aryl methyl sites for hydroxylation is 2. The molecule has 0 amide bonds. The van der Waals surface area contributed by atoms with Crippen molar-refractivity contribution in [1.82, 2.24) is 19.7 Å². The highest BCUT2D eigenvalue weighted by molar-refractivity contribution is 6.08. The highest BCUT2D eigenvalue weighted by Gasteiger charge is 2.18. The van der Waals surface area contributed by atoms with Gasteiger partial charge >= 0.3 is 0 Å². The number of anilines is 1. The summed E-state index contributed by atoms with van der Waals surface area (Å²) in [5.74, 6) is 1.07. The fourth-order valence-electron chi connectivity index (χ4n) is 3.13. The Kier molecular flexibility index (Phi) is 2.42. The molecule has 0 aliphatic carbocycles. The number of hydrogen-bond acceptors (Lipinski definition) is 4. The molecule has 0 spiro atoms. The van der Waals surface area contributed by atoms with Crippen molar-refractivity contribution in [2.45, 2.75) is 19.8 Å². The Labute approximate surface area is 117 Å². The molecule has 3 heterocycles. The Hall–Kier alpha value is -2.17. The van der Waals surface area contributed by atoms with Gasteiger partial charge in [0.25, 0.3) is 0 Å². The predicted molar refractivity (Wildman–Crippen MR) is 80.0 cm³/mol. The summed E-state index contributed by atoms with van der Waals surface area (Å²) in [5.41, 5.74) is 3.17. The van der Waals surface area contributed by atoms with E-state index in [9.17, 15) is 0 Å². The Balaban J connectivity index is 2.06. The Morgan fingerprint density at radius 1 is 1.10 bits per heavy atom. The number of aromatic nitrogens is 4. The van der Waals surface area contributed by atoms with Gasteiger partial charge in [0.1, 0.15) is 12.1 Å². The molecule has 5 nitrogen and oxygen atoms in total. The van der Waals surface area contributed by atoms with Gasteiger partial charge in [-0.15, -0.1) is 0 Å². The van der Waals surface area contributed by atoms with Crippen LogP contribution in [0.3, 0.4) is 0 Å². The third kappa shape index (κ3) is 1.52. The molecule has 0 N–H and O–H groups in total. The van der Waals surface area contributed by atoms with Crippen LogP contribution < -0.4 is 4.90 Å². The molecule has 102 valence electrons. The van der Waals surface area contributed by atoms with Gasteiger partial charge in [-0.25, -0.2) is 9.97 Å². The van der Waals surface area contributed by atoms with Crippen LogP contribution >= 0.6 is 0 Å². The number of benzene rings is 1. The molecule has 20 heavy (non-hydrogen) atoms. The van der Waals surface area contributed by atoms with E-state index >= 15 is 0 Å². The highest BCUT2D eigenvalue weighted by atomic mass is 15.3. The first-order valence-electron chi connectivity index (χ1n) is 7.07.